The minimum absolute atomic E-state index is 0.114. The first kappa shape index (κ1) is 17.6. The van der Waals surface area contributed by atoms with E-state index in [4.69, 9.17) is 0 Å². The van der Waals surface area contributed by atoms with Crippen LogP contribution in [0.25, 0.3) is 0 Å². The van der Waals surface area contributed by atoms with Gasteiger partial charge in [-0.15, -0.1) is 0 Å². The summed E-state index contributed by atoms with van der Waals surface area (Å²) in [6.45, 7) is 29.0. The van der Waals surface area contributed by atoms with Crippen molar-refractivity contribution in [2.45, 2.75) is 83.1 Å². The molecule has 0 aromatic carbocycles. The van der Waals surface area contributed by atoms with Gasteiger partial charge in [-0.25, -0.2) is 0 Å². The summed E-state index contributed by atoms with van der Waals surface area (Å²) < 4.78 is 0. The van der Waals surface area contributed by atoms with E-state index in [2.05, 4.69) is 83.1 Å². The second kappa shape index (κ2) is 4.40. The highest BCUT2D eigenvalue weighted by molar-refractivity contribution is 5.54. The highest BCUT2D eigenvalue weighted by Crippen LogP contribution is 2.68. The Bertz CT molecular complexity index is 549. The fraction of sp³-hybridized carbons (Fsp3) is 0.727. The van der Waals surface area contributed by atoms with Crippen molar-refractivity contribution in [1.29, 1.82) is 0 Å². The SMILES string of the molecule is CC1=C(C)C(C)(C)C2(C)C(C)=C(C)C(C)(C(C)=C2C)C1(C)C. The number of allylic oxidation sites excluding steroid dienone is 6. The Morgan fingerprint density at radius 1 is 0.364 bits per heavy atom. The molecular formula is C22H36. The van der Waals surface area contributed by atoms with Crippen LogP contribution in [0.3, 0.4) is 0 Å². The molecule has 0 atom stereocenters. The van der Waals surface area contributed by atoms with Gasteiger partial charge in [0, 0.05) is 10.8 Å². The number of hydrogen-bond donors (Lipinski definition) is 0. The maximum absolute atomic E-state index is 2.47. The Kier molecular flexibility index (Phi) is 3.51. The Morgan fingerprint density at radius 2 is 0.545 bits per heavy atom. The van der Waals surface area contributed by atoms with Gasteiger partial charge < -0.3 is 0 Å². The molecule has 3 aliphatic carbocycles. The van der Waals surface area contributed by atoms with Crippen LogP contribution in [0.4, 0.5) is 0 Å². The number of hydrogen-bond acceptors (Lipinski definition) is 0. The Labute approximate surface area is 138 Å². The lowest BCUT2D eigenvalue weighted by Gasteiger charge is -2.61. The largest absolute Gasteiger partial charge is 0.0670 e. The van der Waals surface area contributed by atoms with Gasteiger partial charge in [-0.3, -0.25) is 0 Å². The molecule has 0 N–H and O–H groups in total. The third-order valence-electron chi connectivity index (χ3n) is 9.06. The lowest BCUT2D eigenvalue weighted by molar-refractivity contribution is 0.135. The zero-order chi connectivity index (χ0) is 17.5. The van der Waals surface area contributed by atoms with Crippen molar-refractivity contribution in [3.05, 3.63) is 33.4 Å². The van der Waals surface area contributed by atoms with Crippen LogP contribution in [0, 0.1) is 21.7 Å². The van der Waals surface area contributed by atoms with Gasteiger partial charge in [0.15, 0.2) is 0 Å². The molecule has 0 saturated carbocycles. The predicted octanol–water partition coefficient (Wildman–Crippen LogP) is 7.09. The fourth-order valence-corrected chi connectivity index (χ4v) is 5.62. The van der Waals surface area contributed by atoms with E-state index >= 15 is 0 Å². The van der Waals surface area contributed by atoms with Crippen LogP contribution in [0.5, 0.6) is 0 Å². The van der Waals surface area contributed by atoms with Crippen LogP contribution in [-0.4, -0.2) is 0 Å². The molecule has 0 radical (unpaired) electrons. The Balaban J connectivity index is 3.10. The van der Waals surface area contributed by atoms with Crippen LogP contribution in [-0.2, 0) is 0 Å². The molecule has 0 amide bonds. The normalized spacial score (nSPS) is 37.6. The molecule has 0 heteroatoms. The highest BCUT2D eigenvalue weighted by atomic mass is 14.6. The molecule has 0 aromatic rings. The first-order valence-corrected chi connectivity index (χ1v) is 8.75. The van der Waals surface area contributed by atoms with Crippen molar-refractivity contribution in [3.63, 3.8) is 0 Å². The van der Waals surface area contributed by atoms with E-state index in [1.165, 1.54) is 0 Å². The summed E-state index contributed by atoms with van der Waals surface area (Å²) >= 11 is 0. The summed E-state index contributed by atoms with van der Waals surface area (Å²) in [5.41, 5.74) is 9.98. The average molecular weight is 301 g/mol. The van der Waals surface area contributed by atoms with E-state index in [9.17, 15) is 0 Å². The van der Waals surface area contributed by atoms with Crippen LogP contribution in [0.15, 0.2) is 33.4 Å². The summed E-state index contributed by atoms with van der Waals surface area (Å²) in [5, 5.41) is 0. The van der Waals surface area contributed by atoms with Crippen molar-refractivity contribution in [1.82, 2.24) is 0 Å². The van der Waals surface area contributed by atoms with E-state index in [1.807, 2.05) is 0 Å². The molecule has 0 nitrogen and oxygen atoms in total. The van der Waals surface area contributed by atoms with Gasteiger partial charge in [-0.05, 0) is 52.4 Å². The highest BCUT2D eigenvalue weighted by Gasteiger charge is 2.58. The molecule has 124 valence electrons. The third-order valence-corrected chi connectivity index (χ3v) is 9.06. The predicted molar refractivity (Wildman–Crippen MR) is 98.9 cm³/mol. The second-order valence-electron chi connectivity index (χ2n) is 9.25. The zero-order valence-corrected chi connectivity index (χ0v) is 17.0. The van der Waals surface area contributed by atoms with Gasteiger partial charge in [-0.2, -0.15) is 0 Å². The number of fused-ring (bicyclic) bond motifs is 2. The van der Waals surface area contributed by atoms with Gasteiger partial charge in [-0.1, -0.05) is 75.0 Å². The summed E-state index contributed by atoms with van der Waals surface area (Å²) in [5.74, 6) is 0. The molecule has 0 saturated heterocycles. The van der Waals surface area contributed by atoms with Crippen molar-refractivity contribution in [3.8, 4) is 0 Å². The zero-order valence-electron chi connectivity index (χ0n) is 17.0. The quantitative estimate of drug-likeness (QED) is 0.419. The molecule has 0 aliphatic heterocycles. The van der Waals surface area contributed by atoms with Gasteiger partial charge in [0.2, 0.25) is 0 Å². The van der Waals surface area contributed by atoms with Crippen LogP contribution in [0.1, 0.15) is 83.1 Å². The average Bonchev–Trinajstić information content (AvgIpc) is 2.45. The maximum atomic E-state index is 2.47. The Hall–Kier alpha value is -0.780. The first-order valence-electron chi connectivity index (χ1n) is 8.75. The maximum Gasteiger partial charge on any atom is 0.0181 e. The van der Waals surface area contributed by atoms with Crippen molar-refractivity contribution in [2.75, 3.05) is 0 Å². The lowest BCUT2D eigenvalue weighted by Crippen LogP contribution is -2.51. The third kappa shape index (κ3) is 1.50. The standard InChI is InChI=1S/C22H36/c1-13-14(2)20(9,10)22(12)17(5)15(3)21(11,19(13,7)8)16(4)18(22)6/h1-12H3. The topological polar surface area (TPSA) is 0 Å². The Morgan fingerprint density at radius 3 is 0.727 bits per heavy atom. The van der Waals surface area contributed by atoms with Crippen LogP contribution in [0.2, 0.25) is 0 Å². The van der Waals surface area contributed by atoms with E-state index in [0.717, 1.165) is 0 Å². The van der Waals surface area contributed by atoms with E-state index in [0.29, 0.717) is 0 Å². The molecule has 2 bridgehead atoms. The summed E-state index contributed by atoms with van der Waals surface area (Å²) in [6, 6.07) is 0. The molecular weight excluding hydrogens is 264 g/mol. The van der Waals surface area contributed by atoms with Crippen molar-refractivity contribution >= 4 is 0 Å². The molecule has 0 aromatic heterocycles. The summed E-state index contributed by atoms with van der Waals surface area (Å²) in [7, 11) is 0. The summed E-state index contributed by atoms with van der Waals surface area (Å²) in [4.78, 5) is 0. The van der Waals surface area contributed by atoms with Gasteiger partial charge in [0.25, 0.3) is 0 Å². The fourth-order valence-electron chi connectivity index (χ4n) is 5.62. The molecule has 0 heterocycles. The monoisotopic (exact) mass is 300 g/mol. The van der Waals surface area contributed by atoms with Crippen molar-refractivity contribution < 1.29 is 0 Å². The van der Waals surface area contributed by atoms with Crippen LogP contribution < -0.4 is 0 Å². The van der Waals surface area contributed by atoms with E-state index in [1.54, 1.807) is 33.4 Å². The number of rotatable bonds is 0. The van der Waals surface area contributed by atoms with Gasteiger partial charge in [0.1, 0.15) is 0 Å². The molecule has 22 heavy (non-hydrogen) atoms. The van der Waals surface area contributed by atoms with Gasteiger partial charge in [0.05, 0.1) is 0 Å². The smallest absolute Gasteiger partial charge is 0.0181 e. The lowest BCUT2D eigenvalue weighted by atomic mass is 9.42. The second-order valence-corrected chi connectivity index (χ2v) is 9.25. The van der Waals surface area contributed by atoms with E-state index < -0.39 is 0 Å². The first-order chi connectivity index (χ1) is 9.70. The molecule has 3 rings (SSSR count). The molecule has 0 fully saturated rings. The molecule has 3 aliphatic rings. The van der Waals surface area contributed by atoms with Gasteiger partial charge >= 0.3 is 0 Å². The minimum atomic E-state index is 0.114. The molecule has 0 spiro atoms. The van der Waals surface area contributed by atoms with Crippen LogP contribution >= 0.6 is 0 Å². The minimum Gasteiger partial charge on any atom is -0.0670 e. The van der Waals surface area contributed by atoms with Crippen molar-refractivity contribution in [2.24, 2.45) is 21.7 Å². The molecule has 0 unspecified atom stereocenters. The summed E-state index contributed by atoms with van der Waals surface area (Å²) in [6.07, 6.45) is 0. The van der Waals surface area contributed by atoms with E-state index in [-0.39, 0.29) is 21.7 Å².